The van der Waals surface area contributed by atoms with Crippen molar-refractivity contribution in [1.82, 2.24) is 4.90 Å². The van der Waals surface area contributed by atoms with Gasteiger partial charge in [-0.3, -0.25) is 19.3 Å². The lowest BCUT2D eigenvalue weighted by molar-refractivity contribution is -0.143. The second kappa shape index (κ2) is 5.28. The van der Waals surface area contributed by atoms with E-state index in [1.54, 1.807) is 0 Å². The number of imide groups is 1. The number of rotatable bonds is 3. The van der Waals surface area contributed by atoms with Crippen LogP contribution in [0.1, 0.15) is 25.7 Å². The van der Waals surface area contributed by atoms with Gasteiger partial charge in [-0.25, -0.2) is 0 Å². The average Bonchev–Trinajstić information content (AvgIpc) is 3.20. The van der Waals surface area contributed by atoms with Crippen molar-refractivity contribution in [2.45, 2.75) is 25.7 Å². The van der Waals surface area contributed by atoms with Crippen molar-refractivity contribution in [3.8, 4) is 0 Å². The largest absolute Gasteiger partial charge is 0.325 e. The van der Waals surface area contributed by atoms with Crippen LogP contribution in [0.25, 0.3) is 0 Å². The fraction of sp³-hybridized carbons (Fsp3) is 0.526. The van der Waals surface area contributed by atoms with E-state index in [2.05, 4.69) is 27.9 Å². The summed E-state index contributed by atoms with van der Waals surface area (Å²) in [4.78, 5) is 39.3. The molecule has 5 nitrogen and oxygen atoms in total. The van der Waals surface area contributed by atoms with Crippen molar-refractivity contribution >= 4 is 46.0 Å². The first-order chi connectivity index (χ1) is 12.0. The molecule has 1 aliphatic heterocycles. The van der Waals surface area contributed by atoms with E-state index in [4.69, 9.17) is 0 Å². The van der Waals surface area contributed by atoms with Gasteiger partial charge in [0.25, 0.3) is 0 Å². The van der Waals surface area contributed by atoms with Gasteiger partial charge in [-0.15, -0.1) is 0 Å². The summed E-state index contributed by atoms with van der Waals surface area (Å²) in [5.41, 5.74) is 0.984. The summed E-state index contributed by atoms with van der Waals surface area (Å²) in [7, 11) is 0. The topological polar surface area (TPSA) is 66.5 Å². The molecule has 4 aliphatic rings. The van der Waals surface area contributed by atoms with Gasteiger partial charge in [0.2, 0.25) is 17.7 Å². The minimum atomic E-state index is -0.309. The third kappa shape index (κ3) is 2.15. The number of anilines is 1. The molecular weight excluding hydrogens is 431 g/mol. The van der Waals surface area contributed by atoms with Crippen molar-refractivity contribution in [3.05, 3.63) is 27.8 Å². The number of amides is 3. The molecule has 3 saturated carbocycles. The number of hydrogen-bond donors (Lipinski definition) is 1. The quantitative estimate of drug-likeness (QED) is 0.569. The second-order valence-electron chi connectivity index (χ2n) is 7.89. The summed E-state index contributed by atoms with van der Waals surface area (Å²) >= 11 is 2.20. The SMILES string of the molecule is O=C(CN1C(=O)C2C(C1=O)C1CCC2C12CC2)Nc1ccc(I)cc1. The van der Waals surface area contributed by atoms with E-state index >= 15 is 0 Å². The third-order valence-corrected chi connectivity index (χ3v) is 7.60. The molecular formula is C19H19IN2O3. The smallest absolute Gasteiger partial charge is 0.244 e. The molecule has 0 radical (unpaired) electrons. The minimum Gasteiger partial charge on any atom is -0.325 e. The van der Waals surface area contributed by atoms with Crippen molar-refractivity contribution in [1.29, 1.82) is 0 Å². The Kier molecular flexibility index (Phi) is 3.34. The van der Waals surface area contributed by atoms with Crippen LogP contribution in [0.4, 0.5) is 5.69 Å². The Bertz CT molecular complexity index is 754. The Balaban J connectivity index is 1.31. The fourth-order valence-corrected chi connectivity index (χ4v) is 6.18. The summed E-state index contributed by atoms with van der Waals surface area (Å²) in [5.74, 6) is -0.0695. The first kappa shape index (κ1) is 15.8. The normalized spacial score (nSPS) is 33.9. The first-order valence-corrected chi connectivity index (χ1v) is 10.00. The van der Waals surface area contributed by atoms with Gasteiger partial charge >= 0.3 is 0 Å². The molecule has 1 heterocycles. The van der Waals surface area contributed by atoms with E-state index in [9.17, 15) is 14.4 Å². The molecule has 0 aromatic heterocycles. The second-order valence-corrected chi connectivity index (χ2v) is 9.14. The van der Waals surface area contributed by atoms with Gasteiger partial charge in [0, 0.05) is 9.26 Å². The lowest BCUT2D eigenvalue weighted by Crippen LogP contribution is -2.40. The van der Waals surface area contributed by atoms with Crippen molar-refractivity contribution in [3.63, 3.8) is 0 Å². The van der Waals surface area contributed by atoms with E-state index in [1.807, 2.05) is 24.3 Å². The van der Waals surface area contributed by atoms with Gasteiger partial charge in [0.1, 0.15) is 6.54 Å². The van der Waals surface area contributed by atoms with Gasteiger partial charge in [-0.2, -0.15) is 0 Å². The van der Waals surface area contributed by atoms with Gasteiger partial charge in [0.15, 0.2) is 0 Å². The molecule has 5 rings (SSSR count). The molecule has 3 amide bonds. The van der Waals surface area contributed by atoms with Crippen LogP contribution in [0, 0.1) is 32.7 Å². The number of halogens is 1. The zero-order valence-electron chi connectivity index (χ0n) is 13.7. The highest BCUT2D eigenvalue weighted by Gasteiger charge is 2.74. The maximum Gasteiger partial charge on any atom is 0.244 e. The molecule has 3 aliphatic carbocycles. The number of benzene rings is 1. The van der Waals surface area contributed by atoms with E-state index < -0.39 is 0 Å². The van der Waals surface area contributed by atoms with E-state index in [0.29, 0.717) is 22.9 Å². The highest BCUT2D eigenvalue weighted by molar-refractivity contribution is 14.1. The molecule has 1 N–H and O–H groups in total. The number of nitrogens with zero attached hydrogens (tertiary/aromatic N) is 1. The maximum atomic E-state index is 12.9. The van der Waals surface area contributed by atoms with Crippen LogP contribution in [0.3, 0.4) is 0 Å². The minimum absolute atomic E-state index is 0.105. The van der Waals surface area contributed by atoms with E-state index in [0.717, 1.165) is 16.4 Å². The summed E-state index contributed by atoms with van der Waals surface area (Å²) in [6.45, 7) is -0.164. The first-order valence-electron chi connectivity index (χ1n) is 8.92. The average molecular weight is 450 g/mol. The van der Waals surface area contributed by atoms with E-state index in [-0.39, 0.29) is 36.1 Å². The Hall–Kier alpha value is -1.44. The molecule has 6 heteroatoms. The number of fused-ring (bicyclic) bond motifs is 3. The summed E-state index contributed by atoms with van der Waals surface area (Å²) in [6, 6.07) is 7.44. The van der Waals surface area contributed by atoms with Gasteiger partial charge < -0.3 is 5.32 Å². The Morgan fingerprint density at radius 3 is 2.16 bits per heavy atom. The van der Waals surface area contributed by atoms with Crippen LogP contribution in [0.2, 0.25) is 0 Å². The van der Waals surface area contributed by atoms with Crippen molar-refractivity contribution < 1.29 is 14.4 Å². The lowest BCUT2D eigenvalue weighted by atomic mass is 9.81. The van der Waals surface area contributed by atoms with Crippen LogP contribution in [0.5, 0.6) is 0 Å². The standard InChI is InChI=1S/C19H19IN2O3/c20-10-1-3-11(4-2-10)21-14(23)9-22-17(24)15-12-5-6-13(16(15)18(22)25)19(12)7-8-19/h1-4,12-13,15-16H,5-9H2,(H,21,23). The van der Waals surface area contributed by atoms with Crippen LogP contribution in [-0.4, -0.2) is 29.2 Å². The molecule has 4 fully saturated rings. The monoisotopic (exact) mass is 450 g/mol. The molecule has 130 valence electrons. The summed E-state index contributed by atoms with van der Waals surface area (Å²) in [6.07, 6.45) is 4.52. The number of carbonyl (C=O) groups excluding carboxylic acids is 3. The molecule has 1 aromatic carbocycles. The zero-order chi connectivity index (χ0) is 17.3. The van der Waals surface area contributed by atoms with Crippen LogP contribution in [-0.2, 0) is 14.4 Å². The third-order valence-electron chi connectivity index (χ3n) is 6.88. The van der Waals surface area contributed by atoms with Crippen LogP contribution in [0.15, 0.2) is 24.3 Å². The summed E-state index contributed by atoms with van der Waals surface area (Å²) < 4.78 is 1.08. The van der Waals surface area contributed by atoms with Crippen molar-refractivity contribution in [2.75, 3.05) is 11.9 Å². The van der Waals surface area contributed by atoms with Crippen LogP contribution >= 0.6 is 22.6 Å². The number of hydrogen-bond acceptors (Lipinski definition) is 3. The molecule has 4 unspecified atom stereocenters. The predicted octanol–water partition coefficient (Wildman–Crippen LogP) is 2.65. The molecule has 25 heavy (non-hydrogen) atoms. The molecule has 1 saturated heterocycles. The Labute approximate surface area is 159 Å². The molecule has 4 atom stereocenters. The molecule has 1 aromatic rings. The number of likely N-dealkylation sites (tertiary alicyclic amines) is 1. The van der Waals surface area contributed by atoms with Gasteiger partial charge in [0.05, 0.1) is 11.8 Å². The predicted molar refractivity (Wildman–Crippen MR) is 99.4 cm³/mol. The number of nitrogens with one attached hydrogen (secondary N) is 1. The van der Waals surface area contributed by atoms with Crippen molar-refractivity contribution in [2.24, 2.45) is 29.1 Å². The fourth-order valence-electron chi connectivity index (χ4n) is 5.82. The zero-order valence-corrected chi connectivity index (χ0v) is 15.9. The summed E-state index contributed by atoms with van der Waals surface area (Å²) in [5, 5.41) is 2.78. The van der Waals surface area contributed by atoms with E-state index in [1.165, 1.54) is 17.7 Å². The van der Waals surface area contributed by atoms with Gasteiger partial charge in [-0.05, 0) is 89.8 Å². The van der Waals surface area contributed by atoms with Crippen LogP contribution < -0.4 is 5.32 Å². The molecule has 2 bridgehead atoms. The number of carbonyl (C=O) groups is 3. The van der Waals surface area contributed by atoms with Gasteiger partial charge in [-0.1, -0.05) is 0 Å². The Morgan fingerprint density at radius 1 is 1.08 bits per heavy atom. The highest BCUT2D eigenvalue weighted by atomic mass is 127. The molecule has 1 spiro atoms. The highest BCUT2D eigenvalue weighted by Crippen LogP contribution is 2.75. The maximum absolute atomic E-state index is 12.9. The lowest BCUT2D eigenvalue weighted by Gasteiger charge is -2.21. The Morgan fingerprint density at radius 2 is 1.64 bits per heavy atom.